The summed E-state index contributed by atoms with van der Waals surface area (Å²) in [5.41, 5.74) is 0.810. The first-order valence-electron chi connectivity index (χ1n) is 9.66. The number of aromatic nitrogens is 2. The molecule has 7 nitrogen and oxygen atoms in total. The number of hydrogen-bond acceptors (Lipinski definition) is 7. The lowest BCUT2D eigenvalue weighted by molar-refractivity contribution is -0.122. The highest BCUT2D eigenvalue weighted by atomic mass is 32.2. The Hall–Kier alpha value is -2.91. The molecule has 2 saturated heterocycles. The number of carbonyl (C=O) groups is 1. The monoisotopic (exact) mass is 438 g/mol. The average molecular weight is 439 g/mol. The molecule has 5 heterocycles. The summed E-state index contributed by atoms with van der Waals surface area (Å²) in [4.78, 5) is 35.1. The predicted octanol–water partition coefficient (Wildman–Crippen LogP) is 3.29. The van der Waals surface area contributed by atoms with Crippen LogP contribution in [0.3, 0.4) is 0 Å². The standard InChI is InChI=1S/C21H18N4O3S2/c26-19-15(12-16-20(27)25(21(29)30-16)13-14-6-5-11-28-14)18(23-8-3-4-9-23)22-17-7-1-2-10-24(17)19/h1-2,5-7,10-12H,3-4,8-9,13H2/b16-12+. The third kappa shape index (κ3) is 3.33. The van der Waals surface area contributed by atoms with Gasteiger partial charge in [0.1, 0.15) is 21.5 Å². The summed E-state index contributed by atoms with van der Waals surface area (Å²) in [5, 5.41) is 0. The number of pyridine rings is 1. The summed E-state index contributed by atoms with van der Waals surface area (Å²) in [5.74, 6) is 1.05. The van der Waals surface area contributed by atoms with Gasteiger partial charge in [-0.25, -0.2) is 4.98 Å². The Morgan fingerprint density at radius 2 is 2.00 bits per heavy atom. The Morgan fingerprint density at radius 1 is 1.17 bits per heavy atom. The number of anilines is 1. The molecule has 2 fully saturated rings. The van der Waals surface area contributed by atoms with Gasteiger partial charge in [-0.05, 0) is 43.2 Å². The molecule has 30 heavy (non-hydrogen) atoms. The van der Waals surface area contributed by atoms with Crippen LogP contribution in [-0.2, 0) is 11.3 Å². The van der Waals surface area contributed by atoms with Crippen molar-refractivity contribution < 1.29 is 9.21 Å². The maximum atomic E-state index is 13.3. The van der Waals surface area contributed by atoms with Crippen molar-refractivity contribution in [1.29, 1.82) is 0 Å². The van der Waals surface area contributed by atoms with E-state index in [0.29, 0.717) is 32.0 Å². The second-order valence-electron chi connectivity index (χ2n) is 7.12. The molecule has 0 aromatic carbocycles. The maximum Gasteiger partial charge on any atom is 0.267 e. The van der Waals surface area contributed by atoms with E-state index in [1.807, 2.05) is 12.1 Å². The molecule has 152 valence electrons. The molecule has 3 aromatic rings. The number of amides is 1. The van der Waals surface area contributed by atoms with Gasteiger partial charge in [0.25, 0.3) is 11.5 Å². The van der Waals surface area contributed by atoms with Gasteiger partial charge in [-0.1, -0.05) is 30.0 Å². The molecular formula is C21H18N4O3S2. The van der Waals surface area contributed by atoms with Crippen molar-refractivity contribution >= 4 is 51.7 Å². The van der Waals surface area contributed by atoms with Gasteiger partial charge >= 0.3 is 0 Å². The Bertz CT molecular complexity index is 1230. The van der Waals surface area contributed by atoms with Gasteiger partial charge in [-0.15, -0.1) is 0 Å². The van der Waals surface area contributed by atoms with Gasteiger partial charge in [0, 0.05) is 19.3 Å². The largest absolute Gasteiger partial charge is 0.467 e. The van der Waals surface area contributed by atoms with E-state index in [9.17, 15) is 9.59 Å². The van der Waals surface area contributed by atoms with Crippen LogP contribution in [0, 0.1) is 0 Å². The number of fused-ring (bicyclic) bond motifs is 1. The predicted molar refractivity (Wildman–Crippen MR) is 120 cm³/mol. The van der Waals surface area contributed by atoms with Gasteiger partial charge < -0.3 is 9.32 Å². The Kier molecular flexibility index (Phi) is 4.92. The molecule has 0 spiro atoms. The second kappa shape index (κ2) is 7.73. The number of furan rings is 1. The fraction of sp³-hybridized carbons (Fsp3) is 0.238. The van der Waals surface area contributed by atoms with E-state index in [1.165, 1.54) is 21.1 Å². The summed E-state index contributed by atoms with van der Waals surface area (Å²) in [6, 6.07) is 9.03. The number of thioether (sulfide) groups is 1. The highest BCUT2D eigenvalue weighted by Gasteiger charge is 2.33. The number of rotatable bonds is 4. The third-order valence-corrected chi connectivity index (χ3v) is 6.58. The van der Waals surface area contributed by atoms with Crippen LogP contribution in [0.25, 0.3) is 11.7 Å². The van der Waals surface area contributed by atoms with Crippen LogP contribution in [0.15, 0.2) is 56.9 Å². The molecule has 3 aromatic heterocycles. The average Bonchev–Trinajstić information content (AvgIpc) is 3.50. The van der Waals surface area contributed by atoms with Crippen molar-refractivity contribution in [1.82, 2.24) is 14.3 Å². The summed E-state index contributed by atoms with van der Waals surface area (Å²) in [6.07, 6.45) is 7.01. The van der Waals surface area contributed by atoms with Crippen LogP contribution in [0.1, 0.15) is 24.2 Å². The minimum Gasteiger partial charge on any atom is -0.467 e. The minimum absolute atomic E-state index is 0.196. The van der Waals surface area contributed by atoms with Crippen molar-refractivity contribution in [2.75, 3.05) is 18.0 Å². The van der Waals surface area contributed by atoms with E-state index in [1.54, 1.807) is 36.7 Å². The van der Waals surface area contributed by atoms with Crippen molar-refractivity contribution in [2.45, 2.75) is 19.4 Å². The fourth-order valence-corrected chi connectivity index (χ4v) is 4.95. The Balaban J connectivity index is 1.58. The van der Waals surface area contributed by atoms with Crippen LogP contribution >= 0.6 is 24.0 Å². The topological polar surface area (TPSA) is 71.1 Å². The highest BCUT2D eigenvalue weighted by molar-refractivity contribution is 8.26. The lowest BCUT2D eigenvalue weighted by Crippen LogP contribution is -2.28. The molecule has 0 radical (unpaired) electrons. The van der Waals surface area contributed by atoms with Crippen molar-refractivity contribution in [3.63, 3.8) is 0 Å². The molecule has 5 rings (SSSR count). The van der Waals surface area contributed by atoms with Crippen LogP contribution in [0.4, 0.5) is 5.82 Å². The van der Waals surface area contributed by atoms with Crippen molar-refractivity contribution in [2.24, 2.45) is 0 Å². The first-order chi connectivity index (χ1) is 14.6. The molecule has 0 unspecified atom stereocenters. The lowest BCUT2D eigenvalue weighted by atomic mass is 10.2. The van der Waals surface area contributed by atoms with Gasteiger partial charge in [-0.2, -0.15) is 0 Å². The molecule has 2 aliphatic heterocycles. The Morgan fingerprint density at radius 3 is 2.77 bits per heavy atom. The van der Waals surface area contributed by atoms with E-state index < -0.39 is 0 Å². The van der Waals surface area contributed by atoms with Gasteiger partial charge in [0.2, 0.25) is 0 Å². The number of hydrogen-bond donors (Lipinski definition) is 0. The van der Waals surface area contributed by atoms with Crippen LogP contribution in [0.2, 0.25) is 0 Å². The molecule has 0 atom stereocenters. The zero-order valence-electron chi connectivity index (χ0n) is 16.0. The van der Waals surface area contributed by atoms with Crippen LogP contribution < -0.4 is 10.5 Å². The van der Waals surface area contributed by atoms with Gasteiger partial charge in [-0.3, -0.25) is 18.9 Å². The van der Waals surface area contributed by atoms with Crippen molar-refractivity contribution in [3.05, 3.63) is 69.4 Å². The van der Waals surface area contributed by atoms with Gasteiger partial charge in [0.05, 0.1) is 23.3 Å². The summed E-state index contributed by atoms with van der Waals surface area (Å²) >= 11 is 6.61. The molecule has 0 bridgehead atoms. The zero-order chi connectivity index (χ0) is 20.7. The van der Waals surface area contributed by atoms with Gasteiger partial charge in [0.15, 0.2) is 0 Å². The highest BCUT2D eigenvalue weighted by Crippen LogP contribution is 2.34. The molecule has 0 saturated carbocycles. The zero-order valence-corrected chi connectivity index (χ0v) is 17.6. The fourth-order valence-electron chi connectivity index (χ4n) is 3.71. The quantitative estimate of drug-likeness (QED) is 0.457. The van der Waals surface area contributed by atoms with E-state index in [0.717, 1.165) is 25.9 Å². The van der Waals surface area contributed by atoms with Crippen LogP contribution in [-0.4, -0.2) is 37.6 Å². The molecule has 9 heteroatoms. The maximum absolute atomic E-state index is 13.3. The van der Waals surface area contributed by atoms with E-state index >= 15 is 0 Å². The first kappa shape index (κ1) is 19.1. The van der Waals surface area contributed by atoms with Crippen LogP contribution in [0.5, 0.6) is 0 Å². The second-order valence-corrected chi connectivity index (χ2v) is 8.80. The third-order valence-electron chi connectivity index (χ3n) is 5.20. The molecule has 0 aliphatic carbocycles. The van der Waals surface area contributed by atoms with E-state index in [-0.39, 0.29) is 18.0 Å². The summed E-state index contributed by atoms with van der Waals surface area (Å²) < 4.78 is 7.30. The summed E-state index contributed by atoms with van der Waals surface area (Å²) in [7, 11) is 0. The lowest BCUT2D eigenvalue weighted by Gasteiger charge is -2.19. The first-order valence-corrected chi connectivity index (χ1v) is 10.9. The van der Waals surface area contributed by atoms with E-state index in [2.05, 4.69) is 4.90 Å². The SMILES string of the molecule is O=C1/C(=C\c2c(N3CCCC3)nc3ccccn3c2=O)SC(=S)N1Cc1ccco1. The smallest absolute Gasteiger partial charge is 0.267 e. The number of carbonyl (C=O) groups excluding carboxylic acids is 1. The number of thiocarbonyl (C=S) groups is 1. The minimum atomic E-state index is -0.230. The normalized spacial score (nSPS) is 18.3. The molecular weight excluding hydrogens is 420 g/mol. The molecule has 0 N–H and O–H groups in total. The van der Waals surface area contributed by atoms with E-state index in [4.69, 9.17) is 21.6 Å². The molecule has 2 aliphatic rings. The Labute approximate surface area is 182 Å². The summed E-state index contributed by atoms with van der Waals surface area (Å²) in [6.45, 7) is 1.95. The molecule has 1 amide bonds. The number of nitrogens with zero attached hydrogens (tertiary/aromatic N) is 4. The van der Waals surface area contributed by atoms with Crippen molar-refractivity contribution in [3.8, 4) is 0 Å².